The number of H-pyrrole nitrogens is 2. The summed E-state index contributed by atoms with van der Waals surface area (Å²) >= 11 is 0. The second-order valence-electron chi connectivity index (χ2n) is 9.85. The van der Waals surface area contributed by atoms with E-state index in [2.05, 4.69) is 35.9 Å². The zero-order valence-electron chi connectivity index (χ0n) is 23.0. The third-order valence-electron chi connectivity index (χ3n) is 6.51. The number of rotatable bonds is 17. The third kappa shape index (κ3) is 10.0. The topological polar surface area (TPSA) is 254 Å². The number of carbonyl (C=O) groups excluding carboxylic acids is 3. The molecule has 0 bridgehead atoms. The Morgan fingerprint density at radius 3 is 1.93 bits per heavy atom. The van der Waals surface area contributed by atoms with E-state index in [0.717, 1.165) is 0 Å². The van der Waals surface area contributed by atoms with E-state index in [4.69, 9.17) is 11.5 Å². The van der Waals surface area contributed by atoms with Crippen molar-refractivity contribution in [2.75, 3.05) is 6.54 Å². The fourth-order valence-electron chi connectivity index (χ4n) is 4.20. The van der Waals surface area contributed by atoms with Gasteiger partial charge in [-0.2, -0.15) is 0 Å². The molecule has 3 rings (SSSR count). The maximum Gasteiger partial charge on any atom is 0.326 e. The Bertz CT molecular complexity index is 1280. The number of benzene rings is 1. The van der Waals surface area contributed by atoms with Gasteiger partial charge in [0.2, 0.25) is 17.7 Å². The molecule has 1 aromatic carbocycles. The number of imidazole rings is 2. The van der Waals surface area contributed by atoms with Gasteiger partial charge in [-0.25, -0.2) is 14.8 Å². The van der Waals surface area contributed by atoms with E-state index >= 15 is 0 Å². The van der Waals surface area contributed by atoms with Gasteiger partial charge in [0.1, 0.15) is 23.9 Å². The van der Waals surface area contributed by atoms with Crippen molar-refractivity contribution in [3.8, 4) is 5.75 Å². The van der Waals surface area contributed by atoms with Crippen molar-refractivity contribution in [3.05, 3.63) is 66.3 Å². The molecule has 0 saturated heterocycles. The fourth-order valence-corrected chi connectivity index (χ4v) is 4.20. The maximum atomic E-state index is 13.5. The molecule has 0 spiro atoms. The summed E-state index contributed by atoms with van der Waals surface area (Å²) < 4.78 is 0. The highest BCUT2D eigenvalue weighted by molar-refractivity contribution is 5.94. The van der Waals surface area contributed by atoms with Crippen molar-refractivity contribution in [1.29, 1.82) is 0 Å². The molecule has 226 valence electrons. The van der Waals surface area contributed by atoms with Gasteiger partial charge in [-0.15, -0.1) is 0 Å². The molecular formula is C27H37N9O6. The minimum atomic E-state index is -1.31. The second-order valence-corrected chi connectivity index (χ2v) is 9.85. The van der Waals surface area contributed by atoms with Gasteiger partial charge in [0.05, 0.1) is 18.7 Å². The smallest absolute Gasteiger partial charge is 0.326 e. The van der Waals surface area contributed by atoms with Gasteiger partial charge in [0.25, 0.3) is 0 Å². The quantitative estimate of drug-likeness (QED) is 0.0863. The largest absolute Gasteiger partial charge is 0.508 e. The molecule has 0 saturated carbocycles. The van der Waals surface area contributed by atoms with Crippen molar-refractivity contribution < 1.29 is 29.4 Å². The average Bonchev–Trinajstić information content (AvgIpc) is 3.67. The van der Waals surface area contributed by atoms with Crippen LogP contribution in [0.15, 0.2) is 49.3 Å². The summed E-state index contributed by atoms with van der Waals surface area (Å²) in [7, 11) is 0. The van der Waals surface area contributed by atoms with Crippen molar-refractivity contribution in [3.63, 3.8) is 0 Å². The van der Waals surface area contributed by atoms with E-state index in [1.165, 1.54) is 31.0 Å². The lowest BCUT2D eigenvalue weighted by molar-refractivity contribution is -0.142. The molecule has 0 aliphatic carbocycles. The standard InChI is InChI=1S/C27H37N9O6/c28-8-2-1-3-21(34-24(38)20(29)10-17-12-30-14-32-17)25(39)35-22(9-16-4-6-19(37)7-5-16)26(40)36-23(27(41)42)11-18-13-31-15-33-18/h4-7,12-15,20-23,37H,1-3,8-11,28-29H2,(H,30,32)(H,31,33)(H,34,38)(H,35,39)(H,36,40)(H,41,42)/t20-,21-,22-,23-/m0/s1. The zero-order valence-corrected chi connectivity index (χ0v) is 23.0. The number of aromatic nitrogens is 4. The molecule has 3 amide bonds. The summed E-state index contributed by atoms with van der Waals surface area (Å²) in [5, 5.41) is 27.2. The number of aliphatic carboxylic acids is 1. The number of carboxylic acid groups (broad SMARTS) is 1. The SMILES string of the molecule is NCCCC[C@H](NC(=O)[C@@H](N)Cc1cnc[nH]1)C(=O)N[C@@H](Cc1ccc(O)cc1)C(=O)N[C@@H](Cc1cnc[nH]1)C(=O)O. The van der Waals surface area contributed by atoms with E-state index < -0.39 is 47.9 Å². The number of amides is 3. The van der Waals surface area contributed by atoms with Crippen LogP contribution in [0.4, 0.5) is 0 Å². The molecule has 0 fully saturated rings. The van der Waals surface area contributed by atoms with E-state index in [1.54, 1.807) is 18.3 Å². The highest BCUT2D eigenvalue weighted by Crippen LogP contribution is 2.13. The van der Waals surface area contributed by atoms with Gasteiger partial charge in [-0.05, 0) is 43.5 Å². The molecule has 2 heterocycles. The van der Waals surface area contributed by atoms with Crippen LogP contribution in [0.25, 0.3) is 0 Å². The van der Waals surface area contributed by atoms with Crippen LogP contribution in [0, 0.1) is 0 Å². The summed E-state index contributed by atoms with van der Waals surface area (Å²) in [6.45, 7) is 0.389. The Hall–Kier alpha value is -4.76. The highest BCUT2D eigenvalue weighted by Gasteiger charge is 2.31. The number of hydrogen-bond acceptors (Lipinski definition) is 9. The first kappa shape index (κ1) is 31.8. The van der Waals surface area contributed by atoms with Crippen molar-refractivity contribution >= 4 is 23.7 Å². The second kappa shape index (κ2) is 15.9. The molecule has 0 radical (unpaired) electrons. The molecular weight excluding hydrogens is 546 g/mol. The molecule has 15 heteroatoms. The van der Waals surface area contributed by atoms with Gasteiger partial charge in [0, 0.05) is 43.0 Å². The summed E-state index contributed by atoms with van der Waals surface area (Å²) in [5.74, 6) is -3.21. The number of hydrogen-bond donors (Lipinski definition) is 9. The molecule has 2 aromatic heterocycles. The Kier molecular flexibility index (Phi) is 12.0. The molecule has 4 atom stereocenters. The Labute approximate surface area is 241 Å². The van der Waals surface area contributed by atoms with Crippen LogP contribution < -0.4 is 27.4 Å². The van der Waals surface area contributed by atoms with E-state index in [1.807, 2.05) is 0 Å². The van der Waals surface area contributed by atoms with Crippen LogP contribution in [0.5, 0.6) is 5.75 Å². The number of nitrogens with one attached hydrogen (secondary N) is 5. The van der Waals surface area contributed by atoms with Crippen molar-refractivity contribution in [1.82, 2.24) is 35.9 Å². The van der Waals surface area contributed by atoms with Crippen LogP contribution in [0.1, 0.15) is 36.2 Å². The van der Waals surface area contributed by atoms with Crippen LogP contribution in [0.2, 0.25) is 0 Å². The fraction of sp³-hybridized carbons (Fsp3) is 0.407. The van der Waals surface area contributed by atoms with Crippen LogP contribution in [-0.4, -0.2) is 84.6 Å². The number of phenols is 1. The molecule has 11 N–H and O–H groups in total. The number of carbonyl (C=O) groups is 4. The molecule has 15 nitrogen and oxygen atoms in total. The van der Waals surface area contributed by atoms with Gasteiger partial charge in [-0.1, -0.05) is 12.1 Å². The predicted octanol–water partition coefficient (Wildman–Crippen LogP) is -1.14. The molecule has 3 aromatic rings. The normalized spacial score (nSPS) is 13.9. The minimum Gasteiger partial charge on any atom is -0.508 e. The summed E-state index contributed by atoms with van der Waals surface area (Å²) in [6.07, 6.45) is 7.29. The maximum absolute atomic E-state index is 13.5. The third-order valence-corrected chi connectivity index (χ3v) is 6.51. The number of unbranched alkanes of at least 4 members (excludes halogenated alkanes) is 1. The zero-order chi connectivity index (χ0) is 30.5. The first-order chi connectivity index (χ1) is 20.2. The lowest BCUT2D eigenvalue weighted by Gasteiger charge is -2.25. The molecule has 0 aliphatic heterocycles. The lowest BCUT2D eigenvalue weighted by atomic mass is 10.0. The number of carboxylic acids is 1. The molecule has 0 aliphatic rings. The number of aromatic amines is 2. The molecule has 42 heavy (non-hydrogen) atoms. The number of nitrogens with zero attached hydrogens (tertiary/aromatic N) is 2. The Morgan fingerprint density at radius 2 is 1.36 bits per heavy atom. The minimum absolute atomic E-state index is 0.0168. The summed E-state index contributed by atoms with van der Waals surface area (Å²) in [6, 6.07) is 1.50. The first-order valence-corrected chi connectivity index (χ1v) is 13.5. The van der Waals surface area contributed by atoms with Gasteiger partial charge < -0.3 is 47.6 Å². The van der Waals surface area contributed by atoms with Crippen LogP contribution >= 0.6 is 0 Å². The van der Waals surface area contributed by atoms with Gasteiger partial charge in [-0.3, -0.25) is 14.4 Å². The van der Waals surface area contributed by atoms with Crippen LogP contribution in [-0.2, 0) is 38.4 Å². The number of aromatic hydroxyl groups is 1. The van der Waals surface area contributed by atoms with Crippen molar-refractivity contribution in [2.45, 2.75) is 62.7 Å². The van der Waals surface area contributed by atoms with E-state index in [0.29, 0.717) is 36.3 Å². The summed E-state index contributed by atoms with van der Waals surface area (Å²) in [5.41, 5.74) is 13.4. The molecule has 0 unspecified atom stereocenters. The monoisotopic (exact) mass is 583 g/mol. The Morgan fingerprint density at radius 1 is 0.786 bits per heavy atom. The van der Waals surface area contributed by atoms with Gasteiger partial charge in [0.15, 0.2) is 0 Å². The summed E-state index contributed by atoms with van der Waals surface area (Å²) in [4.78, 5) is 65.1. The highest BCUT2D eigenvalue weighted by atomic mass is 16.4. The van der Waals surface area contributed by atoms with Gasteiger partial charge >= 0.3 is 5.97 Å². The van der Waals surface area contributed by atoms with E-state index in [-0.39, 0.29) is 31.4 Å². The number of phenolic OH excluding ortho intramolecular Hbond substituents is 1. The van der Waals surface area contributed by atoms with Crippen LogP contribution in [0.3, 0.4) is 0 Å². The number of nitrogens with two attached hydrogens (primary N) is 2. The average molecular weight is 584 g/mol. The predicted molar refractivity (Wildman–Crippen MR) is 151 cm³/mol. The first-order valence-electron chi connectivity index (χ1n) is 13.5. The van der Waals surface area contributed by atoms with E-state index in [9.17, 15) is 29.4 Å². The lowest BCUT2D eigenvalue weighted by Crippen LogP contribution is -2.58. The Balaban J connectivity index is 1.77. The van der Waals surface area contributed by atoms with Crippen molar-refractivity contribution in [2.24, 2.45) is 11.5 Å².